The molecule has 0 aliphatic heterocycles. The predicted molar refractivity (Wildman–Crippen MR) is 138 cm³/mol. The Hall–Kier alpha value is -1.98. The van der Waals surface area contributed by atoms with Crippen LogP contribution in [0.5, 0.6) is 0 Å². The number of carbonyl (C=O) groups excluding carboxylic acids is 2. The highest BCUT2D eigenvalue weighted by atomic mass is 35.5. The Bertz CT molecular complexity index is 913. The van der Waals surface area contributed by atoms with Crippen molar-refractivity contribution in [3.05, 3.63) is 64.7 Å². The van der Waals surface area contributed by atoms with Crippen LogP contribution >= 0.6 is 23.4 Å². The van der Waals surface area contributed by atoms with E-state index in [9.17, 15) is 9.59 Å². The maximum absolute atomic E-state index is 13.3. The molecule has 1 aliphatic carbocycles. The van der Waals surface area contributed by atoms with Crippen molar-refractivity contribution in [3.63, 3.8) is 0 Å². The van der Waals surface area contributed by atoms with E-state index in [0.717, 1.165) is 58.9 Å². The smallest absolute Gasteiger partial charge is 0.242 e. The molecule has 0 heterocycles. The number of nitrogens with zero attached hydrogens (tertiary/aromatic N) is 1. The number of carbonyl (C=O) groups is 2. The summed E-state index contributed by atoms with van der Waals surface area (Å²) in [6, 6.07) is 15.6. The van der Waals surface area contributed by atoms with Crippen LogP contribution in [0.2, 0.25) is 5.02 Å². The normalized spacial score (nSPS) is 15.1. The third kappa shape index (κ3) is 8.08. The van der Waals surface area contributed by atoms with E-state index < -0.39 is 6.04 Å². The zero-order valence-corrected chi connectivity index (χ0v) is 21.3. The predicted octanol–water partition coefficient (Wildman–Crippen LogP) is 6.39. The van der Waals surface area contributed by atoms with Crippen LogP contribution in [-0.4, -0.2) is 34.6 Å². The van der Waals surface area contributed by atoms with Gasteiger partial charge in [0.05, 0.1) is 0 Å². The van der Waals surface area contributed by atoms with E-state index in [-0.39, 0.29) is 17.9 Å². The molecule has 0 radical (unpaired) electrons. The highest BCUT2D eigenvalue weighted by Crippen LogP contribution is 2.23. The molecule has 0 aromatic heterocycles. The van der Waals surface area contributed by atoms with Crippen molar-refractivity contribution in [2.45, 2.75) is 82.3 Å². The van der Waals surface area contributed by atoms with Crippen molar-refractivity contribution in [2.75, 3.05) is 5.75 Å². The summed E-state index contributed by atoms with van der Waals surface area (Å²) in [4.78, 5) is 29.2. The van der Waals surface area contributed by atoms with E-state index in [4.69, 9.17) is 11.6 Å². The van der Waals surface area contributed by atoms with Gasteiger partial charge in [0, 0.05) is 28.9 Å². The van der Waals surface area contributed by atoms with Crippen LogP contribution < -0.4 is 5.32 Å². The SMILES string of the molecule is Cc1ccccc1CN(C(=O)CCCSc1ccc(Cl)cc1)C(C)C(=O)NC1CCCCC1. The van der Waals surface area contributed by atoms with Crippen LogP contribution in [0.3, 0.4) is 0 Å². The zero-order chi connectivity index (χ0) is 23.6. The molecule has 1 aliphatic rings. The Morgan fingerprint density at radius 3 is 2.48 bits per heavy atom. The van der Waals surface area contributed by atoms with Crippen LogP contribution in [0.15, 0.2) is 53.4 Å². The fourth-order valence-electron chi connectivity index (χ4n) is 4.21. The first-order valence-electron chi connectivity index (χ1n) is 12.0. The third-order valence-electron chi connectivity index (χ3n) is 6.34. The minimum atomic E-state index is -0.497. The molecule has 2 aromatic rings. The zero-order valence-electron chi connectivity index (χ0n) is 19.7. The molecule has 1 atom stereocenters. The number of aryl methyl sites for hydroxylation is 1. The quantitative estimate of drug-likeness (QED) is 0.313. The molecule has 0 bridgehead atoms. The molecule has 2 amide bonds. The fraction of sp³-hybridized carbons (Fsp3) is 0.481. The topological polar surface area (TPSA) is 49.4 Å². The first kappa shape index (κ1) is 25.6. The van der Waals surface area contributed by atoms with Gasteiger partial charge in [0.1, 0.15) is 6.04 Å². The van der Waals surface area contributed by atoms with E-state index >= 15 is 0 Å². The number of halogens is 1. The van der Waals surface area contributed by atoms with Gasteiger partial charge in [0.25, 0.3) is 0 Å². The Labute approximate surface area is 207 Å². The summed E-state index contributed by atoms with van der Waals surface area (Å²) in [6.45, 7) is 4.36. The van der Waals surface area contributed by atoms with Gasteiger partial charge in [-0.15, -0.1) is 11.8 Å². The molecular formula is C27H35ClN2O2S. The number of thioether (sulfide) groups is 1. The second kappa shape index (κ2) is 13.0. The van der Waals surface area contributed by atoms with Crippen LogP contribution in [0.4, 0.5) is 0 Å². The van der Waals surface area contributed by atoms with Crippen LogP contribution in [-0.2, 0) is 16.1 Å². The lowest BCUT2D eigenvalue weighted by Crippen LogP contribution is -2.50. The molecule has 1 N–H and O–H groups in total. The lowest BCUT2D eigenvalue weighted by molar-refractivity contribution is -0.141. The number of hydrogen-bond acceptors (Lipinski definition) is 3. The first-order chi connectivity index (χ1) is 15.9. The summed E-state index contributed by atoms with van der Waals surface area (Å²) >= 11 is 7.67. The Balaban J connectivity index is 1.60. The highest BCUT2D eigenvalue weighted by Gasteiger charge is 2.28. The molecule has 0 saturated heterocycles. The van der Waals surface area contributed by atoms with Gasteiger partial charge < -0.3 is 10.2 Å². The first-order valence-corrected chi connectivity index (χ1v) is 13.3. The Morgan fingerprint density at radius 1 is 1.09 bits per heavy atom. The van der Waals surface area contributed by atoms with Gasteiger partial charge in [-0.25, -0.2) is 0 Å². The van der Waals surface area contributed by atoms with Crippen molar-refractivity contribution in [1.82, 2.24) is 10.2 Å². The molecule has 178 valence electrons. The molecule has 4 nitrogen and oxygen atoms in total. The summed E-state index contributed by atoms with van der Waals surface area (Å²) in [5, 5.41) is 3.92. The second-order valence-electron chi connectivity index (χ2n) is 8.87. The summed E-state index contributed by atoms with van der Waals surface area (Å²) in [5.41, 5.74) is 2.21. The number of rotatable bonds is 10. The van der Waals surface area contributed by atoms with Crippen molar-refractivity contribution >= 4 is 35.2 Å². The second-order valence-corrected chi connectivity index (χ2v) is 10.5. The van der Waals surface area contributed by atoms with E-state index in [1.165, 1.54) is 6.42 Å². The molecule has 1 fully saturated rings. The maximum atomic E-state index is 13.3. The van der Waals surface area contributed by atoms with Crippen molar-refractivity contribution in [1.29, 1.82) is 0 Å². The minimum absolute atomic E-state index is 0.0289. The van der Waals surface area contributed by atoms with Gasteiger partial charge in [-0.1, -0.05) is 55.1 Å². The van der Waals surface area contributed by atoms with Gasteiger partial charge in [-0.2, -0.15) is 0 Å². The molecular weight excluding hydrogens is 452 g/mol. The Morgan fingerprint density at radius 2 is 1.79 bits per heavy atom. The number of amides is 2. The van der Waals surface area contributed by atoms with Gasteiger partial charge in [0.2, 0.25) is 11.8 Å². The standard InChI is InChI=1S/C27H35ClN2O2S/c1-20-9-6-7-10-22(20)19-30(21(2)27(32)29-24-11-4-3-5-12-24)26(31)13-8-18-33-25-16-14-23(28)15-17-25/h6-7,9-10,14-17,21,24H,3-5,8,11-13,18-19H2,1-2H3,(H,29,32). The van der Waals surface area contributed by atoms with E-state index in [2.05, 4.69) is 5.32 Å². The van der Waals surface area contributed by atoms with Crippen molar-refractivity contribution in [2.24, 2.45) is 0 Å². The lowest BCUT2D eigenvalue weighted by Gasteiger charge is -2.31. The maximum Gasteiger partial charge on any atom is 0.242 e. The molecule has 33 heavy (non-hydrogen) atoms. The fourth-order valence-corrected chi connectivity index (χ4v) is 5.19. The van der Waals surface area contributed by atoms with Crippen molar-refractivity contribution in [3.8, 4) is 0 Å². The van der Waals surface area contributed by atoms with Gasteiger partial charge in [-0.3, -0.25) is 9.59 Å². The van der Waals surface area contributed by atoms with Gasteiger partial charge in [-0.05, 0) is 74.3 Å². The summed E-state index contributed by atoms with van der Waals surface area (Å²) in [7, 11) is 0. The molecule has 2 aromatic carbocycles. The molecule has 6 heteroatoms. The Kier molecular flexibility index (Phi) is 10.1. The highest BCUT2D eigenvalue weighted by molar-refractivity contribution is 7.99. The van der Waals surface area contributed by atoms with Crippen LogP contribution in [0.25, 0.3) is 0 Å². The average Bonchev–Trinajstić information content (AvgIpc) is 2.82. The largest absolute Gasteiger partial charge is 0.352 e. The van der Waals surface area contributed by atoms with E-state index in [0.29, 0.717) is 13.0 Å². The van der Waals surface area contributed by atoms with E-state index in [1.54, 1.807) is 16.7 Å². The number of hydrogen-bond donors (Lipinski definition) is 1. The summed E-state index contributed by atoms with van der Waals surface area (Å²) < 4.78 is 0. The van der Waals surface area contributed by atoms with E-state index in [1.807, 2.05) is 62.4 Å². The number of benzene rings is 2. The van der Waals surface area contributed by atoms with Gasteiger partial charge >= 0.3 is 0 Å². The third-order valence-corrected chi connectivity index (χ3v) is 7.69. The number of nitrogens with one attached hydrogen (secondary N) is 1. The monoisotopic (exact) mass is 486 g/mol. The summed E-state index contributed by atoms with van der Waals surface area (Å²) in [5.74, 6) is 0.828. The van der Waals surface area contributed by atoms with Crippen LogP contribution in [0.1, 0.15) is 63.0 Å². The summed E-state index contributed by atoms with van der Waals surface area (Å²) in [6.07, 6.45) is 6.82. The molecule has 0 spiro atoms. The molecule has 1 unspecified atom stereocenters. The van der Waals surface area contributed by atoms with Crippen molar-refractivity contribution < 1.29 is 9.59 Å². The average molecular weight is 487 g/mol. The van der Waals surface area contributed by atoms with Gasteiger partial charge in [0.15, 0.2) is 0 Å². The lowest BCUT2D eigenvalue weighted by atomic mass is 9.95. The van der Waals surface area contributed by atoms with Crippen LogP contribution in [0, 0.1) is 6.92 Å². The molecule has 1 saturated carbocycles. The minimum Gasteiger partial charge on any atom is -0.352 e. The molecule has 3 rings (SSSR count).